The summed E-state index contributed by atoms with van der Waals surface area (Å²) in [7, 11) is 1.73. The van der Waals surface area contributed by atoms with Crippen LogP contribution in [0.25, 0.3) is 10.9 Å². The van der Waals surface area contributed by atoms with Crippen molar-refractivity contribution in [3.8, 4) is 5.75 Å². The van der Waals surface area contributed by atoms with E-state index in [1.165, 1.54) is 18.2 Å². The van der Waals surface area contributed by atoms with Gasteiger partial charge in [-0.15, -0.1) is 13.2 Å². The van der Waals surface area contributed by atoms with Gasteiger partial charge in [0.05, 0.1) is 5.52 Å². The summed E-state index contributed by atoms with van der Waals surface area (Å²) in [6.45, 7) is 3.89. The fraction of sp³-hybridized carbons (Fsp3) is 0.357. The molecular weight excluding hydrogens is 269 g/mol. The van der Waals surface area contributed by atoms with Gasteiger partial charge >= 0.3 is 6.36 Å². The highest BCUT2D eigenvalue weighted by Gasteiger charge is 2.31. The summed E-state index contributed by atoms with van der Waals surface area (Å²) in [5.74, 6) is -0.244. The van der Waals surface area contributed by atoms with Crippen LogP contribution in [0.1, 0.15) is 18.2 Å². The number of rotatable bonds is 3. The van der Waals surface area contributed by atoms with Gasteiger partial charge in [-0.25, -0.2) is 0 Å². The van der Waals surface area contributed by atoms with Gasteiger partial charge in [0.15, 0.2) is 0 Å². The van der Waals surface area contributed by atoms with E-state index in [1.54, 1.807) is 7.05 Å². The van der Waals surface area contributed by atoms with Crippen molar-refractivity contribution in [2.45, 2.75) is 26.6 Å². The number of hydrogen-bond donors (Lipinski definition) is 1. The van der Waals surface area contributed by atoms with Gasteiger partial charge in [-0.2, -0.15) is 0 Å². The van der Waals surface area contributed by atoms with E-state index in [1.807, 2.05) is 13.8 Å². The maximum absolute atomic E-state index is 12.3. The molecule has 0 fully saturated rings. The maximum Gasteiger partial charge on any atom is 0.573 e. The minimum absolute atomic E-state index is 0.244. The van der Waals surface area contributed by atoms with Gasteiger partial charge in [-0.05, 0) is 37.1 Å². The number of pyridine rings is 1. The largest absolute Gasteiger partial charge is 0.573 e. The van der Waals surface area contributed by atoms with Crippen molar-refractivity contribution >= 4 is 16.6 Å². The lowest BCUT2D eigenvalue weighted by molar-refractivity contribution is -0.274. The Balaban J connectivity index is 2.62. The lowest BCUT2D eigenvalue weighted by atomic mass is 10.1. The molecule has 1 N–H and O–H groups in total. The summed E-state index contributed by atoms with van der Waals surface area (Å²) in [5.41, 5.74) is 3.28. The highest BCUT2D eigenvalue weighted by Crippen LogP contribution is 2.32. The van der Waals surface area contributed by atoms with Gasteiger partial charge < -0.3 is 10.1 Å². The van der Waals surface area contributed by atoms with Crippen molar-refractivity contribution in [3.63, 3.8) is 0 Å². The number of ether oxygens (including phenoxy) is 1. The first-order valence-electron chi connectivity index (χ1n) is 6.22. The third kappa shape index (κ3) is 2.79. The molecule has 0 atom stereocenters. The van der Waals surface area contributed by atoms with Crippen molar-refractivity contribution in [1.82, 2.24) is 4.98 Å². The first kappa shape index (κ1) is 14.4. The molecule has 0 amide bonds. The zero-order valence-electron chi connectivity index (χ0n) is 11.4. The second kappa shape index (κ2) is 5.19. The first-order valence-corrected chi connectivity index (χ1v) is 6.22. The average Bonchev–Trinajstić information content (AvgIpc) is 2.36. The summed E-state index contributed by atoms with van der Waals surface area (Å²) in [4.78, 5) is 4.46. The zero-order valence-corrected chi connectivity index (χ0v) is 11.4. The Labute approximate surface area is 114 Å². The second-order valence-electron chi connectivity index (χ2n) is 4.39. The van der Waals surface area contributed by atoms with E-state index in [2.05, 4.69) is 15.0 Å². The third-order valence-corrected chi connectivity index (χ3v) is 3.12. The highest BCUT2D eigenvalue weighted by molar-refractivity contribution is 5.94. The number of anilines is 1. The molecule has 6 heteroatoms. The molecule has 0 aliphatic rings. The number of halogens is 3. The lowest BCUT2D eigenvalue weighted by Crippen LogP contribution is -2.17. The van der Waals surface area contributed by atoms with Crippen LogP contribution in [0.15, 0.2) is 18.2 Å². The molecule has 108 valence electrons. The van der Waals surface area contributed by atoms with E-state index in [9.17, 15) is 13.2 Å². The molecule has 0 bridgehead atoms. The van der Waals surface area contributed by atoms with E-state index in [4.69, 9.17) is 0 Å². The average molecular weight is 284 g/mol. The summed E-state index contributed by atoms with van der Waals surface area (Å²) in [6, 6.07) is 4.17. The van der Waals surface area contributed by atoms with Crippen LogP contribution in [0.2, 0.25) is 0 Å². The number of aromatic nitrogens is 1. The predicted molar refractivity (Wildman–Crippen MR) is 72.1 cm³/mol. The monoisotopic (exact) mass is 284 g/mol. The standard InChI is InChI=1S/C14H15F3N2O/c1-4-11-8(2)13(18-3)10-7-9(20-14(15,16)17)5-6-12(10)19-11/h5-7H,4H2,1-3H3,(H,18,19). The minimum Gasteiger partial charge on any atom is -0.406 e. The molecule has 0 aliphatic carbocycles. The van der Waals surface area contributed by atoms with Crippen molar-refractivity contribution in [1.29, 1.82) is 0 Å². The molecule has 0 saturated carbocycles. The molecule has 2 rings (SSSR count). The molecule has 0 spiro atoms. The van der Waals surface area contributed by atoms with Gasteiger partial charge in [0.2, 0.25) is 0 Å². The number of aryl methyl sites for hydroxylation is 1. The molecule has 1 aromatic heterocycles. The third-order valence-electron chi connectivity index (χ3n) is 3.12. The number of fused-ring (bicyclic) bond motifs is 1. The van der Waals surface area contributed by atoms with Gasteiger partial charge in [0.1, 0.15) is 5.75 Å². The fourth-order valence-corrected chi connectivity index (χ4v) is 2.25. The first-order chi connectivity index (χ1) is 9.35. The Hall–Kier alpha value is -1.98. The fourth-order valence-electron chi connectivity index (χ4n) is 2.25. The second-order valence-corrected chi connectivity index (χ2v) is 4.39. The van der Waals surface area contributed by atoms with E-state index in [0.29, 0.717) is 10.9 Å². The molecular formula is C14H15F3N2O. The number of hydrogen-bond acceptors (Lipinski definition) is 3. The van der Waals surface area contributed by atoms with Crippen molar-refractivity contribution in [2.24, 2.45) is 0 Å². The Morgan fingerprint density at radius 1 is 1.30 bits per heavy atom. The molecule has 3 nitrogen and oxygen atoms in total. The van der Waals surface area contributed by atoms with Crippen LogP contribution in [-0.2, 0) is 6.42 Å². The molecule has 0 aliphatic heterocycles. The van der Waals surface area contributed by atoms with Gasteiger partial charge in [-0.3, -0.25) is 4.98 Å². The van der Waals surface area contributed by atoms with Crippen molar-refractivity contribution in [2.75, 3.05) is 12.4 Å². The van der Waals surface area contributed by atoms with E-state index < -0.39 is 6.36 Å². The quantitative estimate of drug-likeness (QED) is 0.923. The summed E-state index contributed by atoms with van der Waals surface area (Å²) in [6.07, 6.45) is -3.93. The summed E-state index contributed by atoms with van der Waals surface area (Å²) < 4.78 is 40.8. The molecule has 1 heterocycles. The topological polar surface area (TPSA) is 34.1 Å². The lowest BCUT2D eigenvalue weighted by Gasteiger charge is -2.15. The predicted octanol–water partition coefficient (Wildman–Crippen LogP) is 4.05. The normalized spacial score (nSPS) is 11.7. The maximum atomic E-state index is 12.3. The Morgan fingerprint density at radius 3 is 2.55 bits per heavy atom. The molecule has 1 aromatic carbocycles. The molecule has 0 radical (unpaired) electrons. The van der Waals surface area contributed by atoms with E-state index >= 15 is 0 Å². The van der Waals surface area contributed by atoms with Crippen LogP contribution in [-0.4, -0.2) is 18.4 Å². The molecule has 2 aromatic rings. The van der Waals surface area contributed by atoms with Gasteiger partial charge in [0, 0.05) is 23.8 Å². The number of nitrogens with zero attached hydrogens (tertiary/aromatic N) is 1. The SMILES string of the molecule is CCc1nc2ccc(OC(F)(F)F)cc2c(NC)c1C. The van der Waals surface area contributed by atoms with Crippen LogP contribution in [0.5, 0.6) is 5.75 Å². The molecule has 0 saturated heterocycles. The minimum atomic E-state index is -4.70. The summed E-state index contributed by atoms with van der Waals surface area (Å²) >= 11 is 0. The summed E-state index contributed by atoms with van der Waals surface area (Å²) in [5, 5.41) is 3.64. The molecule has 0 unspecified atom stereocenters. The smallest absolute Gasteiger partial charge is 0.406 e. The van der Waals surface area contributed by atoms with Crippen LogP contribution >= 0.6 is 0 Å². The molecule has 20 heavy (non-hydrogen) atoms. The van der Waals surface area contributed by atoms with Gasteiger partial charge in [-0.1, -0.05) is 6.92 Å². The van der Waals surface area contributed by atoms with Gasteiger partial charge in [0.25, 0.3) is 0 Å². The Bertz CT molecular complexity index is 638. The number of benzene rings is 1. The van der Waals surface area contributed by atoms with Crippen molar-refractivity contribution in [3.05, 3.63) is 29.5 Å². The number of alkyl halides is 3. The van der Waals surface area contributed by atoms with E-state index in [0.717, 1.165) is 23.4 Å². The number of nitrogens with one attached hydrogen (secondary N) is 1. The van der Waals surface area contributed by atoms with Crippen LogP contribution in [0.4, 0.5) is 18.9 Å². The van der Waals surface area contributed by atoms with Crippen LogP contribution in [0, 0.1) is 6.92 Å². The zero-order chi connectivity index (χ0) is 14.9. The van der Waals surface area contributed by atoms with E-state index in [-0.39, 0.29) is 5.75 Å². The van der Waals surface area contributed by atoms with Crippen molar-refractivity contribution < 1.29 is 17.9 Å². The highest BCUT2D eigenvalue weighted by atomic mass is 19.4. The van der Waals surface area contributed by atoms with Crippen LogP contribution in [0.3, 0.4) is 0 Å². The Kier molecular flexibility index (Phi) is 3.74. The van der Waals surface area contributed by atoms with Crippen LogP contribution < -0.4 is 10.1 Å². The Morgan fingerprint density at radius 2 is 2.00 bits per heavy atom.